The van der Waals surface area contributed by atoms with E-state index in [1.807, 2.05) is 0 Å². The molecule has 1 rings (SSSR count). The molecule has 8 heteroatoms. The molecule has 1 N–H and O–H groups in total. The summed E-state index contributed by atoms with van der Waals surface area (Å²) in [6, 6.07) is 0.0444. The molecule has 2 atom stereocenters. The molecule has 0 amide bonds. The highest BCUT2D eigenvalue weighted by Crippen LogP contribution is 2.23. The lowest BCUT2D eigenvalue weighted by Gasteiger charge is -2.28. The van der Waals surface area contributed by atoms with Gasteiger partial charge < -0.3 is 10.1 Å². The molecule has 1 saturated carbocycles. The van der Waals surface area contributed by atoms with E-state index in [4.69, 9.17) is 0 Å². The molecular weight excluding hydrogens is 283 g/mol. The first-order valence-corrected chi connectivity index (χ1v) is 8.20. The van der Waals surface area contributed by atoms with Crippen molar-refractivity contribution < 1.29 is 26.3 Å². The van der Waals surface area contributed by atoms with Gasteiger partial charge in [-0.25, -0.2) is 8.42 Å². The predicted octanol–water partition coefficient (Wildman–Crippen LogP) is 1.51. The summed E-state index contributed by atoms with van der Waals surface area (Å²) in [5.74, 6) is 0. The van der Waals surface area contributed by atoms with Crippen LogP contribution in [0.15, 0.2) is 0 Å². The highest BCUT2D eigenvalue weighted by Gasteiger charge is 2.29. The Kier molecular flexibility index (Phi) is 6.07. The summed E-state index contributed by atoms with van der Waals surface area (Å²) in [4.78, 5) is 0. The van der Waals surface area contributed by atoms with E-state index < -0.39 is 22.6 Å². The molecule has 0 aromatic rings. The minimum absolute atomic E-state index is 0.0282. The van der Waals surface area contributed by atoms with E-state index in [9.17, 15) is 21.6 Å². The molecule has 0 aliphatic heterocycles. The zero-order chi connectivity index (χ0) is 14.5. The van der Waals surface area contributed by atoms with Gasteiger partial charge in [-0.1, -0.05) is 6.42 Å². The van der Waals surface area contributed by atoms with Crippen LogP contribution in [-0.2, 0) is 14.6 Å². The highest BCUT2D eigenvalue weighted by atomic mass is 32.2. The van der Waals surface area contributed by atoms with Gasteiger partial charge in [0, 0.05) is 18.8 Å². The predicted molar refractivity (Wildman–Crippen MR) is 65.8 cm³/mol. The average molecular weight is 303 g/mol. The normalized spacial score (nSPS) is 25.5. The number of alkyl halides is 3. The molecule has 1 aliphatic carbocycles. The standard InChI is InChI=1S/C11H20F3NO3S/c1-19(16,17)10-4-2-3-9(7-10)15-5-6-18-8-11(12,13)14/h9-10,15H,2-8H2,1H3. The van der Waals surface area contributed by atoms with Gasteiger partial charge in [0.05, 0.1) is 11.9 Å². The lowest BCUT2D eigenvalue weighted by molar-refractivity contribution is -0.173. The number of halogens is 3. The van der Waals surface area contributed by atoms with Gasteiger partial charge in [-0.2, -0.15) is 13.2 Å². The molecule has 0 bridgehead atoms. The SMILES string of the molecule is CS(=O)(=O)C1CCCC(NCCOCC(F)(F)F)C1. The van der Waals surface area contributed by atoms with Gasteiger partial charge in [0.2, 0.25) is 0 Å². The number of rotatable bonds is 6. The summed E-state index contributed by atoms with van der Waals surface area (Å²) in [5, 5.41) is 2.72. The fraction of sp³-hybridized carbons (Fsp3) is 1.00. The van der Waals surface area contributed by atoms with Gasteiger partial charge in [-0.3, -0.25) is 0 Å². The fourth-order valence-corrected chi connectivity index (χ4v) is 3.42. The molecule has 2 unspecified atom stereocenters. The Morgan fingerprint density at radius 1 is 1.32 bits per heavy atom. The minimum atomic E-state index is -4.30. The summed E-state index contributed by atoms with van der Waals surface area (Å²) in [7, 11) is -3.03. The van der Waals surface area contributed by atoms with Crippen LogP contribution in [0.25, 0.3) is 0 Å². The number of ether oxygens (including phenoxy) is 1. The van der Waals surface area contributed by atoms with Gasteiger partial charge in [-0.15, -0.1) is 0 Å². The van der Waals surface area contributed by atoms with Crippen molar-refractivity contribution >= 4 is 9.84 Å². The lowest BCUT2D eigenvalue weighted by atomic mass is 9.95. The number of hydrogen-bond acceptors (Lipinski definition) is 4. The van der Waals surface area contributed by atoms with Crippen LogP contribution in [-0.4, -0.2) is 51.9 Å². The Labute approximate surface area is 111 Å². The van der Waals surface area contributed by atoms with E-state index in [2.05, 4.69) is 10.1 Å². The first-order valence-electron chi connectivity index (χ1n) is 6.25. The molecule has 4 nitrogen and oxygen atoms in total. The largest absolute Gasteiger partial charge is 0.411 e. The average Bonchev–Trinajstić information content (AvgIpc) is 2.26. The van der Waals surface area contributed by atoms with Crippen molar-refractivity contribution in [3.63, 3.8) is 0 Å². The van der Waals surface area contributed by atoms with E-state index in [0.29, 0.717) is 19.4 Å². The zero-order valence-corrected chi connectivity index (χ0v) is 11.7. The molecular formula is C11H20F3NO3S. The maximum absolute atomic E-state index is 11.8. The van der Waals surface area contributed by atoms with Crippen molar-refractivity contribution in [3.05, 3.63) is 0 Å². The summed E-state index contributed by atoms with van der Waals surface area (Å²) in [6.45, 7) is -0.970. The number of nitrogens with one attached hydrogen (secondary N) is 1. The van der Waals surface area contributed by atoms with E-state index in [1.54, 1.807) is 0 Å². The second-order valence-electron chi connectivity index (χ2n) is 4.94. The third kappa shape index (κ3) is 7.12. The quantitative estimate of drug-likeness (QED) is 0.756. The number of hydrogen-bond donors (Lipinski definition) is 1. The van der Waals surface area contributed by atoms with Gasteiger partial charge >= 0.3 is 6.18 Å². The molecule has 114 valence electrons. The van der Waals surface area contributed by atoms with Crippen LogP contribution in [0, 0.1) is 0 Å². The van der Waals surface area contributed by atoms with Crippen LogP contribution >= 0.6 is 0 Å². The number of sulfone groups is 1. The smallest absolute Gasteiger partial charge is 0.371 e. The van der Waals surface area contributed by atoms with E-state index in [-0.39, 0.29) is 17.9 Å². The molecule has 0 saturated heterocycles. The molecule has 0 aromatic carbocycles. The molecule has 19 heavy (non-hydrogen) atoms. The summed E-state index contributed by atoms with van der Waals surface area (Å²) >= 11 is 0. The minimum Gasteiger partial charge on any atom is -0.371 e. The highest BCUT2D eigenvalue weighted by molar-refractivity contribution is 7.91. The lowest BCUT2D eigenvalue weighted by Crippen LogP contribution is -2.40. The Bertz CT molecular complexity index is 370. The molecule has 1 aliphatic rings. The summed E-state index contributed by atoms with van der Waals surface area (Å²) in [5.41, 5.74) is 0. The maximum Gasteiger partial charge on any atom is 0.411 e. The van der Waals surface area contributed by atoms with Gasteiger partial charge in [0.1, 0.15) is 16.4 Å². The van der Waals surface area contributed by atoms with Crippen LogP contribution in [0.4, 0.5) is 13.2 Å². The van der Waals surface area contributed by atoms with Crippen molar-refractivity contribution in [1.29, 1.82) is 0 Å². The second-order valence-corrected chi connectivity index (χ2v) is 7.26. The van der Waals surface area contributed by atoms with Crippen molar-refractivity contribution in [2.45, 2.75) is 43.2 Å². The van der Waals surface area contributed by atoms with Crippen LogP contribution in [0.2, 0.25) is 0 Å². The van der Waals surface area contributed by atoms with Gasteiger partial charge in [0.15, 0.2) is 0 Å². The molecule has 0 aromatic heterocycles. The molecule has 1 fully saturated rings. The van der Waals surface area contributed by atoms with Crippen molar-refractivity contribution in [3.8, 4) is 0 Å². The van der Waals surface area contributed by atoms with Crippen molar-refractivity contribution in [1.82, 2.24) is 5.32 Å². The maximum atomic E-state index is 11.8. The monoisotopic (exact) mass is 303 g/mol. The summed E-state index contributed by atoms with van der Waals surface area (Å²) in [6.07, 6.45) is -0.206. The van der Waals surface area contributed by atoms with Crippen LogP contribution in [0.5, 0.6) is 0 Å². The van der Waals surface area contributed by atoms with Gasteiger partial charge in [-0.05, 0) is 19.3 Å². The molecule has 0 radical (unpaired) electrons. The molecule has 0 spiro atoms. The van der Waals surface area contributed by atoms with Crippen LogP contribution in [0.1, 0.15) is 25.7 Å². The van der Waals surface area contributed by atoms with E-state index in [1.165, 1.54) is 6.26 Å². The Morgan fingerprint density at radius 2 is 2.00 bits per heavy atom. The first kappa shape index (κ1) is 16.7. The summed E-state index contributed by atoms with van der Waals surface area (Å²) < 4.78 is 62.8. The van der Waals surface area contributed by atoms with Gasteiger partial charge in [0.25, 0.3) is 0 Å². The third-order valence-corrected chi connectivity index (χ3v) is 4.82. The van der Waals surface area contributed by atoms with E-state index >= 15 is 0 Å². The van der Waals surface area contributed by atoms with Crippen molar-refractivity contribution in [2.24, 2.45) is 0 Å². The fourth-order valence-electron chi connectivity index (χ4n) is 2.24. The van der Waals surface area contributed by atoms with E-state index in [0.717, 1.165) is 12.8 Å². The topological polar surface area (TPSA) is 55.4 Å². The van der Waals surface area contributed by atoms with Crippen LogP contribution < -0.4 is 5.32 Å². The van der Waals surface area contributed by atoms with Crippen LogP contribution in [0.3, 0.4) is 0 Å². The zero-order valence-electron chi connectivity index (χ0n) is 10.9. The third-order valence-electron chi connectivity index (χ3n) is 3.18. The Morgan fingerprint density at radius 3 is 2.58 bits per heavy atom. The first-order chi connectivity index (χ1) is 8.68. The Balaban J connectivity index is 2.19. The Hall–Kier alpha value is -0.340. The second kappa shape index (κ2) is 6.90. The molecule has 0 heterocycles. The van der Waals surface area contributed by atoms with Crippen molar-refractivity contribution in [2.75, 3.05) is 26.0 Å².